The van der Waals surface area contributed by atoms with Crippen molar-refractivity contribution in [3.63, 3.8) is 0 Å². The molecule has 0 radical (unpaired) electrons. The van der Waals surface area contributed by atoms with E-state index in [4.69, 9.17) is 20.6 Å². The summed E-state index contributed by atoms with van der Waals surface area (Å²) in [5, 5.41) is 10.6. The fraction of sp³-hybridized carbons (Fsp3) is 0.800. The molecular formula is C10H21N2O6P. The highest BCUT2D eigenvalue weighted by Gasteiger charge is 2.32. The first-order valence-electron chi connectivity index (χ1n) is 5.87. The largest absolute Gasteiger partial charge is 0.481 e. The first-order valence-corrected chi connectivity index (χ1v) is 7.55. The lowest BCUT2D eigenvalue weighted by Gasteiger charge is -2.22. The van der Waals surface area contributed by atoms with Crippen LogP contribution in [0.4, 0.5) is 0 Å². The van der Waals surface area contributed by atoms with Crippen molar-refractivity contribution >= 4 is 19.5 Å². The van der Waals surface area contributed by atoms with Gasteiger partial charge in [0.25, 0.3) is 0 Å². The van der Waals surface area contributed by atoms with Crippen LogP contribution in [0, 0.1) is 5.92 Å². The van der Waals surface area contributed by atoms with Crippen molar-refractivity contribution < 1.29 is 29.0 Å². The normalized spacial score (nSPS) is 15.1. The van der Waals surface area contributed by atoms with Gasteiger partial charge >= 0.3 is 13.6 Å². The molecule has 1 amide bonds. The Kier molecular flexibility index (Phi) is 7.21. The fourth-order valence-corrected chi connectivity index (χ4v) is 2.23. The van der Waals surface area contributed by atoms with Crippen LogP contribution in [0.5, 0.6) is 0 Å². The average molecular weight is 296 g/mol. The minimum Gasteiger partial charge on any atom is -0.481 e. The van der Waals surface area contributed by atoms with Crippen LogP contribution in [0.2, 0.25) is 0 Å². The van der Waals surface area contributed by atoms with E-state index in [1.54, 1.807) is 0 Å². The van der Waals surface area contributed by atoms with Gasteiger partial charge in [0.1, 0.15) is 5.78 Å². The maximum atomic E-state index is 11.7. The summed E-state index contributed by atoms with van der Waals surface area (Å²) in [6.45, 7) is 3.72. The molecular weight excluding hydrogens is 275 g/mol. The molecule has 0 bridgehead atoms. The van der Waals surface area contributed by atoms with E-state index in [0.29, 0.717) is 6.42 Å². The molecule has 0 aromatic rings. The molecule has 2 unspecified atom stereocenters. The summed E-state index contributed by atoms with van der Waals surface area (Å²) in [6, 6.07) is -0.876. The molecule has 9 heteroatoms. The van der Waals surface area contributed by atoms with Gasteiger partial charge < -0.3 is 25.9 Å². The summed E-state index contributed by atoms with van der Waals surface area (Å²) >= 11 is 0. The molecule has 0 aromatic carbocycles. The molecule has 0 aromatic heterocycles. The van der Waals surface area contributed by atoms with Crippen molar-refractivity contribution in [1.29, 1.82) is 0 Å². The van der Waals surface area contributed by atoms with Crippen LogP contribution in [0.3, 0.4) is 0 Å². The lowest BCUT2D eigenvalue weighted by atomic mass is 10.0. The number of carboxylic acids is 1. The Hall–Kier alpha value is -0.950. The number of hydrogen-bond acceptors (Lipinski definition) is 4. The van der Waals surface area contributed by atoms with Gasteiger partial charge in [0, 0.05) is 6.42 Å². The van der Waals surface area contributed by atoms with Crippen LogP contribution >= 0.6 is 7.60 Å². The first-order chi connectivity index (χ1) is 8.54. The molecule has 0 aliphatic carbocycles. The molecule has 2 atom stereocenters. The number of aliphatic carboxylic acids is 1. The van der Waals surface area contributed by atoms with Crippen molar-refractivity contribution in [3.05, 3.63) is 0 Å². The van der Waals surface area contributed by atoms with E-state index < -0.39 is 37.7 Å². The van der Waals surface area contributed by atoms with Crippen LogP contribution in [0.25, 0.3) is 0 Å². The highest BCUT2D eigenvalue weighted by Crippen LogP contribution is 2.41. The Morgan fingerprint density at radius 1 is 1.32 bits per heavy atom. The zero-order valence-electron chi connectivity index (χ0n) is 10.9. The second kappa shape index (κ2) is 7.59. The quantitative estimate of drug-likeness (QED) is 0.391. The van der Waals surface area contributed by atoms with Crippen molar-refractivity contribution in [2.45, 2.75) is 44.9 Å². The Labute approximate surface area is 111 Å². The number of carboxylic acid groups (broad SMARTS) is 1. The van der Waals surface area contributed by atoms with Gasteiger partial charge in [-0.3, -0.25) is 14.2 Å². The summed E-state index contributed by atoms with van der Waals surface area (Å²) in [5.41, 5.74) is 5.58. The van der Waals surface area contributed by atoms with Gasteiger partial charge in [-0.05, 0) is 18.8 Å². The number of carbonyl (C=O) groups excluding carboxylic acids is 1. The van der Waals surface area contributed by atoms with Crippen LogP contribution in [-0.2, 0) is 14.2 Å². The number of nitrogens with one attached hydrogen (secondary N) is 1. The van der Waals surface area contributed by atoms with Gasteiger partial charge in [0.15, 0.2) is 0 Å². The summed E-state index contributed by atoms with van der Waals surface area (Å²) in [6.07, 6.45) is -0.423. The summed E-state index contributed by atoms with van der Waals surface area (Å²) in [4.78, 5) is 40.2. The van der Waals surface area contributed by atoms with Crippen molar-refractivity contribution in [1.82, 2.24) is 5.32 Å². The summed E-state index contributed by atoms with van der Waals surface area (Å²) in [7, 11) is -4.61. The van der Waals surface area contributed by atoms with Crippen LogP contribution in [0.1, 0.15) is 33.1 Å². The third kappa shape index (κ3) is 7.94. The first kappa shape index (κ1) is 18.0. The summed E-state index contributed by atoms with van der Waals surface area (Å²) < 4.78 is 11.2. The van der Waals surface area contributed by atoms with Gasteiger partial charge in [-0.1, -0.05) is 13.8 Å². The number of amides is 1. The van der Waals surface area contributed by atoms with E-state index in [1.165, 1.54) is 0 Å². The molecule has 19 heavy (non-hydrogen) atoms. The predicted molar refractivity (Wildman–Crippen MR) is 68.3 cm³/mol. The van der Waals surface area contributed by atoms with Gasteiger partial charge in [-0.15, -0.1) is 0 Å². The van der Waals surface area contributed by atoms with Crippen LogP contribution < -0.4 is 11.1 Å². The highest BCUT2D eigenvalue weighted by atomic mass is 31.2. The van der Waals surface area contributed by atoms with Crippen molar-refractivity contribution in [3.8, 4) is 0 Å². The molecule has 112 valence electrons. The Balaban J connectivity index is 4.60. The van der Waals surface area contributed by atoms with E-state index in [2.05, 4.69) is 5.32 Å². The predicted octanol–water partition coefficient (Wildman–Crippen LogP) is -0.155. The third-order valence-electron chi connectivity index (χ3n) is 2.41. The third-order valence-corrected chi connectivity index (χ3v) is 3.61. The summed E-state index contributed by atoms with van der Waals surface area (Å²) in [5.74, 6) is -3.24. The number of rotatable bonds is 8. The lowest BCUT2D eigenvalue weighted by molar-refractivity contribution is -0.137. The average Bonchev–Trinajstić information content (AvgIpc) is 2.20. The van der Waals surface area contributed by atoms with Gasteiger partial charge in [0.05, 0.1) is 6.04 Å². The molecule has 0 saturated heterocycles. The molecule has 0 saturated carbocycles. The standard InChI is InChI=1S/C10H21N2O6P/c1-6(2)5-7(11)10(15)12-8(19(16,17)18)3-4-9(13)14/h6-8H,3-5,11H2,1-2H3,(H,12,15)(H,13,14)(H2,16,17,18). The minimum atomic E-state index is -4.61. The number of carbonyl (C=O) groups is 2. The van der Waals surface area contributed by atoms with Crippen LogP contribution in [0.15, 0.2) is 0 Å². The van der Waals surface area contributed by atoms with Gasteiger partial charge in [-0.25, -0.2) is 0 Å². The fourth-order valence-electron chi connectivity index (χ4n) is 1.47. The SMILES string of the molecule is CC(C)CC(N)C(=O)NC(CCC(=O)O)P(=O)(O)O. The second-order valence-corrected chi connectivity index (χ2v) is 6.58. The molecule has 0 spiro atoms. The molecule has 0 heterocycles. The maximum absolute atomic E-state index is 11.7. The molecule has 6 N–H and O–H groups in total. The van der Waals surface area contributed by atoms with E-state index in [0.717, 1.165) is 0 Å². The minimum absolute atomic E-state index is 0.160. The lowest BCUT2D eigenvalue weighted by Crippen LogP contribution is -2.46. The van der Waals surface area contributed by atoms with E-state index in [9.17, 15) is 14.2 Å². The molecule has 0 aliphatic rings. The van der Waals surface area contributed by atoms with Crippen molar-refractivity contribution in [2.75, 3.05) is 0 Å². The monoisotopic (exact) mass is 296 g/mol. The molecule has 0 rings (SSSR count). The second-order valence-electron chi connectivity index (χ2n) is 4.78. The smallest absolute Gasteiger partial charge is 0.347 e. The van der Waals surface area contributed by atoms with E-state index >= 15 is 0 Å². The van der Waals surface area contributed by atoms with Crippen molar-refractivity contribution in [2.24, 2.45) is 11.7 Å². The van der Waals surface area contributed by atoms with Gasteiger partial charge in [0.2, 0.25) is 5.91 Å². The Morgan fingerprint density at radius 2 is 1.84 bits per heavy atom. The van der Waals surface area contributed by atoms with E-state index in [-0.39, 0.29) is 12.3 Å². The Bertz CT molecular complexity index is 367. The zero-order valence-corrected chi connectivity index (χ0v) is 11.8. The topological polar surface area (TPSA) is 150 Å². The van der Waals surface area contributed by atoms with Crippen LogP contribution in [-0.4, -0.2) is 38.6 Å². The highest BCUT2D eigenvalue weighted by molar-refractivity contribution is 7.52. The number of hydrogen-bond donors (Lipinski definition) is 5. The zero-order chi connectivity index (χ0) is 15.2. The number of nitrogens with two attached hydrogens (primary N) is 1. The Morgan fingerprint density at radius 3 is 2.21 bits per heavy atom. The van der Waals surface area contributed by atoms with Gasteiger partial charge in [-0.2, -0.15) is 0 Å². The molecule has 8 nitrogen and oxygen atoms in total. The molecule has 0 aliphatic heterocycles. The molecule has 0 fully saturated rings. The van der Waals surface area contributed by atoms with E-state index in [1.807, 2.05) is 13.8 Å². The maximum Gasteiger partial charge on any atom is 0.347 e.